The van der Waals surface area contributed by atoms with E-state index in [1.54, 1.807) is 16.9 Å². The average Bonchev–Trinajstić information content (AvgIpc) is 2.99. The van der Waals surface area contributed by atoms with Gasteiger partial charge in [-0.05, 0) is 38.8 Å². The summed E-state index contributed by atoms with van der Waals surface area (Å²) in [7, 11) is 0. The number of esters is 1. The SMILES string of the molecule is CCC1CC(=N)C(Cn2nnc(COC(=O)c3ccccc3F)c2C)=CN=C1C. The van der Waals surface area contributed by atoms with Crippen molar-refractivity contribution in [1.82, 2.24) is 15.0 Å². The number of hydrogen-bond acceptors (Lipinski definition) is 6. The van der Waals surface area contributed by atoms with Crippen molar-refractivity contribution in [2.45, 2.75) is 46.8 Å². The smallest absolute Gasteiger partial charge is 0.341 e. The Morgan fingerprint density at radius 2 is 2.10 bits per heavy atom. The fraction of sp³-hybridized carbons (Fsp3) is 0.381. The third-order valence-corrected chi connectivity index (χ3v) is 5.18. The number of carbonyl (C=O) groups excluding carboxylic acids is 1. The number of benzene rings is 1. The second-order valence-corrected chi connectivity index (χ2v) is 7.05. The summed E-state index contributed by atoms with van der Waals surface area (Å²) in [5, 5.41) is 16.6. The molecule has 2 aromatic rings. The Balaban J connectivity index is 1.68. The lowest BCUT2D eigenvalue weighted by molar-refractivity contribution is 0.0461. The molecule has 0 spiro atoms. The maximum Gasteiger partial charge on any atom is 0.341 e. The van der Waals surface area contributed by atoms with E-state index < -0.39 is 11.8 Å². The van der Waals surface area contributed by atoms with Crippen molar-refractivity contribution in [3.05, 3.63) is 58.8 Å². The molecule has 1 N–H and O–H groups in total. The van der Waals surface area contributed by atoms with E-state index in [-0.39, 0.29) is 18.1 Å². The number of ether oxygens (including phenoxy) is 1. The molecule has 2 heterocycles. The summed E-state index contributed by atoms with van der Waals surface area (Å²) in [6, 6.07) is 5.66. The minimum Gasteiger partial charge on any atom is -0.455 e. The Kier molecular flexibility index (Phi) is 6.31. The van der Waals surface area contributed by atoms with Gasteiger partial charge in [0.05, 0.1) is 17.8 Å². The lowest BCUT2D eigenvalue weighted by Crippen LogP contribution is -2.16. The molecule has 1 aromatic carbocycles. The zero-order valence-corrected chi connectivity index (χ0v) is 16.8. The van der Waals surface area contributed by atoms with Crippen LogP contribution >= 0.6 is 0 Å². The summed E-state index contributed by atoms with van der Waals surface area (Å²) in [6.45, 7) is 6.16. The lowest BCUT2D eigenvalue weighted by Gasteiger charge is -2.13. The predicted molar refractivity (Wildman–Crippen MR) is 108 cm³/mol. The standard InChI is InChI=1S/C21H24FN5O2/c1-4-15-9-19(23)16(10-24-13(15)2)11-27-14(3)20(25-26-27)12-29-21(28)17-7-5-6-8-18(17)22/h5-8,10,15,23H,4,9,11-12H2,1-3H3. The Hall–Kier alpha value is -3.16. The van der Waals surface area contributed by atoms with Gasteiger partial charge in [0.1, 0.15) is 18.1 Å². The highest BCUT2D eigenvalue weighted by Crippen LogP contribution is 2.20. The maximum absolute atomic E-state index is 13.7. The Bertz CT molecular complexity index is 993. The highest BCUT2D eigenvalue weighted by molar-refractivity contribution is 6.02. The second kappa shape index (κ2) is 8.89. The van der Waals surface area contributed by atoms with Gasteiger partial charge in [0.15, 0.2) is 0 Å². The molecule has 0 amide bonds. The zero-order chi connectivity index (χ0) is 21.0. The monoisotopic (exact) mass is 397 g/mol. The van der Waals surface area contributed by atoms with Crippen molar-refractivity contribution in [2.75, 3.05) is 0 Å². The van der Waals surface area contributed by atoms with Gasteiger partial charge in [0, 0.05) is 29.1 Å². The van der Waals surface area contributed by atoms with E-state index in [1.165, 1.54) is 18.2 Å². The maximum atomic E-state index is 13.7. The Morgan fingerprint density at radius 3 is 2.83 bits per heavy atom. The van der Waals surface area contributed by atoms with Crippen LogP contribution in [-0.2, 0) is 17.9 Å². The van der Waals surface area contributed by atoms with Crippen LogP contribution in [0.5, 0.6) is 0 Å². The Morgan fingerprint density at radius 1 is 1.34 bits per heavy atom. The van der Waals surface area contributed by atoms with E-state index in [0.717, 1.165) is 23.4 Å². The third kappa shape index (κ3) is 4.64. The molecule has 0 aliphatic carbocycles. The van der Waals surface area contributed by atoms with Crippen LogP contribution in [-0.4, -0.2) is 32.4 Å². The molecule has 1 aliphatic rings. The largest absolute Gasteiger partial charge is 0.455 e. The fourth-order valence-corrected chi connectivity index (χ4v) is 3.14. The number of nitrogens with zero attached hydrogens (tertiary/aromatic N) is 4. The number of hydrogen-bond donors (Lipinski definition) is 1. The summed E-state index contributed by atoms with van der Waals surface area (Å²) >= 11 is 0. The van der Waals surface area contributed by atoms with E-state index in [4.69, 9.17) is 10.1 Å². The molecule has 152 valence electrons. The molecule has 3 rings (SSSR count). The molecule has 29 heavy (non-hydrogen) atoms. The van der Waals surface area contributed by atoms with Crippen LogP contribution in [0.1, 0.15) is 48.4 Å². The molecule has 7 nitrogen and oxygen atoms in total. The molecule has 0 bridgehead atoms. The number of nitrogens with one attached hydrogen (secondary N) is 1. The molecule has 0 saturated carbocycles. The van der Waals surface area contributed by atoms with Gasteiger partial charge in [0.2, 0.25) is 0 Å². The molecule has 0 fully saturated rings. The predicted octanol–water partition coefficient (Wildman–Crippen LogP) is 3.88. The molecule has 8 heteroatoms. The van der Waals surface area contributed by atoms with Crippen molar-refractivity contribution in [3.63, 3.8) is 0 Å². The first-order valence-electron chi connectivity index (χ1n) is 9.52. The van der Waals surface area contributed by atoms with Crippen molar-refractivity contribution in [2.24, 2.45) is 10.9 Å². The van der Waals surface area contributed by atoms with Crippen LogP contribution < -0.4 is 0 Å². The highest BCUT2D eigenvalue weighted by atomic mass is 19.1. The molecular formula is C21H24FN5O2. The second-order valence-electron chi connectivity index (χ2n) is 7.05. The summed E-state index contributed by atoms with van der Waals surface area (Å²) in [4.78, 5) is 16.6. The summed E-state index contributed by atoms with van der Waals surface area (Å²) in [6.07, 6.45) is 3.32. The van der Waals surface area contributed by atoms with Crippen LogP contribution in [0.2, 0.25) is 0 Å². The first kappa shape index (κ1) is 20.6. The van der Waals surface area contributed by atoms with Gasteiger partial charge < -0.3 is 10.1 Å². The highest BCUT2D eigenvalue weighted by Gasteiger charge is 2.20. The summed E-state index contributed by atoms with van der Waals surface area (Å²) in [5.41, 5.74) is 3.44. The van der Waals surface area contributed by atoms with Crippen LogP contribution in [0.4, 0.5) is 4.39 Å². The Labute approximate surface area is 168 Å². The molecule has 1 aliphatic heterocycles. The van der Waals surface area contributed by atoms with Gasteiger partial charge in [-0.25, -0.2) is 13.9 Å². The quantitative estimate of drug-likeness (QED) is 0.749. The topological polar surface area (TPSA) is 93.2 Å². The summed E-state index contributed by atoms with van der Waals surface area (Å²) in [5.74, 6) is -1.10. The van der Waals surface area contributed by atoms with Gasteiger partial charge in [-0.1, -0.05) is 24.3 Å². The minimum atomic E-state index is -0.749. The number of rotatable bonds is 6. The molecule has 1 aromatic heterocycles. The van der Waals surface area contributed by atoms with E-state index in [0.29, 0.717) is 24.4 Å². The minimum absolute atomic E-state index is 0.106. The number of aromatic nitrogens is 3. The van der Waals surface area contributed by atoms with Crippen molar-refractivity contribution in [3.8, 4) is 0 Å². The third-order valence-electron chi connectivity index (χ3n) is 5.18. The molecule has 1 atom stereocenters. The van der Waals surface area contributed by atoms with Gasteiger partial charge >= 0.3 is 5.97 Å². The fourth-order valence-electron chi connectivity index (χ4n) is 3.14. The molecule has 1 unspecified atom stereocenters. The van der Waals surface area contributed by atoms with Crippen LogP contribution in [0.15, 0.2) is 41.0 Å². The van der Waals surface area contributed by atoms with Crippen molar-refractivity contribution < 1.29 is 13.9 Å². The number of halogens is 1. The molecule has 0 saturated heterocycles. The van der Waals surface area contributed by atoms with Gasteiger partial charge in [-0.15, -0.1) is 5.10 Å². The van der Waals surface area contributed by atoms with Crippen molar-refractivity contribution in [1.29, 1.82) is 5.41 Å². The van der Waals surface area contributed by atoms with Gasteiger partial charge in [-0.2, -0.15) is 0 Å². The lowest BCUT2D eigenvalue weighted by atomic mass is 9.93. The normalized spacial score (nSPS) is 16.8. The first-order chi connectivity index (χ1) is 13.9. The van der Waals surface area contributed by atoms with Gasteiger partial charge in [-0.3, -0.25) is 4.99 Å². The average molecular weight is 397 g/mol. The number of aliphatic imine (C=N–C) groups is 1. The van der Waals surface area contributed by atoms with E-state index in [1.807, 2.05) is 13.8 Å². The van der Waals surface area contributed by atoms with Crippen LogP contribution in [0.25, 0.3) is 0 Å². The summed E-state index contributed by atoms with van der Waals surface area (Å²) < 4.78 is 20.5. The molecule has 0 radical (unpaired) electrons. The van der Waals surface area contributed by atoms with E-state index >= 15 is 0 Å². The first-order valence-corrected chi connectivity index (χ1v) is 9.52. The number of allylic oxidation sites excluding steroid dienone is 1. The number of carbonyl (C=O) groups is 1. The van der Waals surface area contributed by atoms with Crippen LogP contribution in [0, 0.1) is 24.1 Å². The van der Waals surface area contributed by atoms with E-state index in [2.05, 4.69) is 22.2 Å². The molecular weight excluding hydrogens is 373 g/mol. The zero-order valence-electron chi connectivity index (χ0n) is 16.8. The van der Waals surface area contributed by atoms with Crippen molar-refractivity contribution >= 4 is 17.4 Å². The van der Waals surface area contributed by atoms with E-state index in [9.17, 15) is 9.18 Å². The van der Waals surface area contributed by atoms with Gasteiger partial charge in [0.25, 0.3) is 0 Å². The van der Waals surface area contributed by atoms with Crippen LogP contribution in [0.3, 0.4) is 0 Å².